The number of amides is 1. The van der Waals surface area contributed by atoms with Crippen molar-refractivity contribution in [3.8, 4) is 5.75 Å². The van der Waals surface area contributed by atoms with E-state index in [9.17, 15) is 14.7 Å². The van der Waals surface area contributed by atoms with Gasteiger partial charge in [-0.1, -0.05) is 29.8 Å². The van der Waals surface area contributed by atoms with Crippen LogP contribution in [0.2, 0.25) is 0 Å². The topological polar surface area (TPSA) is 79.7 Å². The lowest BCUT2D eigenvalue weighted by Crippen LogP contribution is -2.29. The molecule has 1 aromatic heterocycles. The Balaban J connectivity index is 1.63. The maximum atomic E-state index is 13.3. The number of fused-ring (bicyclic) bond motifs is 1. The number of ether oxygens (including phenoxy) is 1. The second-order valence-corrected chi connectivity index (χ2v) is 9.10. The van der Waals surface area contributed by atoms with Crippen LogP contribution in [0.4, 0.5) is 0 Å². The first-order chi connectivity index (χ1) is 16.3. The molecule has 2 atom stereocenters. The lowest BCUT2D eigenvalue weighted by molar-refractivity contribution is -0.140. The first-order valence-corrected chi connectivity index (χ1v) is 11.4. The predicted octanol–water partition coefficient (Wildman–Crippen LogP) is 4.64. The molecule has 3 aromatic rings. The summed E-state index contributed by atoms with van der Waals surface area (Å²) < 4.78 is 5.76. The van der Waals surface area contributed by atoms with Crippen molar-refractivity contribution in [2.45, 2.75) is 45.9 Å². The number of likely N-dealkylation sites (tertiary alicyclic amines) is 1. The summed E-state index contributed by atoms with van der Waals surface area (Å²) in [6, 6.07) is 14.3. The highest BCUT2D eigenvalue weighted by atomic mass is 16.5. The summed E-state index contributed by atoms with van der Waals surface area (Å²) in [6.07, 6.45) is 4.06. The van der Waals surface area contributed by atoms with Crippen molar-refractivity contribution < 1.29 is 19.4 Å². The maximum absolute atomic E-state index is 13.3. The second-order valence-electron chi connectivity index (χ2n) is 9.10. The lowest BCUT2D eigenvalue weighted by atomic mass is 9.95. The summed E-state index contributed by atoms with van der Waals surface area (Å²) in [5, 5.41) is 11.3. The number of Topliss-reactive ketones (excluding diaryl/α,β-unsaturated/α-hetero) is 1. The second kappa shape index (κ2) is 8.45. The van der Waals surface area contributed by atoms with Crippen LogP contribution in [0.15, 0.2) is 66.5 Å². The number of carbonyl (C=O) groups excluding carboxylic acids is 2. The molecule has 2 aliphatic heterocycles. The number of aliphatic hydroxyl groups is 1. The molecule has 5 rings (SSSR count). The van der Waals surface area contributed by atoms with E-state index >= 15 is 0 Å². The van der Waals surface area contributed by atoms with E-state index in [1.54, 1.807) is 30.6 Å². The van der Waals surface area contributed by atoms with Crippen molar-refractivity contribution >= 4 is 17.4 Å². The fraction of sp³-hybridized carbons (Fsp3) is 0.250. The Morgan fingerprint density at radius 1 is 1.15 bits per heavy atom. The first-order valence-electron chi connectivity index (χ1n) is 11.4. The van der Waals surface area contributed by atoms with Gasteiger partial charge in [0.25, 0.3) is 11.7 Å². The number of ketones is 1. The molecular weight excluding hydrogens is 428 g/mol. The molecule has 172 valence electrons. The van der Waals surface area contributed by atoms with Gasteiger partial charge >= 0.3 is 0 Å². The molecule has 2 unspecified atom stereocenters. The van der Waals surface area contributed by atoms with Gasteiger partial charge in [0, 0.05) is 30.9 Å². The van der Waals surface area contributed by atoms with Crippen LogP contribution in [-0.4, -0.2) is 32.8 Å². The molecule has 2 aromatic carbocycles. The zero-order valence-electron chi connectivity index (χ0n) is 19.4. The molecule has 6 nitrogen and oxygen atoms in total. The van der Waals surface area contributed by atoms with Crippen molar-refractivity contribution in [3.63, 3.8) is 0 Å². The minimum Gasteiger partial charge on any atom is -0.507 e. The number of pyridine rings is 1. The lowest BCUT2D eigenvalue weighted by Gasteiger charge is -2.26. The van der Waals surface area contributed by atoms with E-state index in [4.69, 9.17) is 4.74 Å². The van der Waals surface area contributed by atoms with E-state index in [1.807, 2.05) is 51.1 Å². The normalized spacial score (nSPS) is 21.0. The minimum absolute atomic E-state index is 0.0611. The molecule has 0 saturated carbocycles. The maximum Gasteiger partial charge on any atom is 0.295 e. The van der Waals surface area contributed by atoms with E-state index < -0.39 is 17.7 Å². The molecule has 0 radical (unpaired) electrons. The molecule has 2 aliphatic rings. The number of hydrogen-bond donors (Lipinski definition) is 1. The summed E-state index contributed by atoms with van der Waals surface area (Å²) in [6.45, 7) is 6.22. The third kappa shape index (κ3) is 3.75. The van der Waals surface area contributed by atoms with Gasteiger partial charge in [-0.15, -0.1) is 0 Å². The van der Waals surface area contributed by atoms with Crippen LogP contribution in [0.25, 0.3) is 5.76 Å². The molecular formula is C28H26N2O4. The van der Waals surface area contributed by atoms with Gasteiger partial charge in [-0.3, -0.25) is 14.6 Å². The standard InChI is InChI=1S/C28H26N2O4/c1-16-6-7-17(2)22(11-16)15-30-25(20-5-4-10-29-14-20)24(27(32)28(30)33)26(31)19-8-9-23-21(13-19)12-18(3)34-23/h4-11,13-14,18,25,31H,12,15H2,1-3H3/b26-24-. The van der Waals surface area contributed by atoms with E-state index in [0.29, 0.717) is 11.1 Å². The minimum atomic E-state index is -0.739. The molecule has 1 N–H and O–H groups in total. The van der Waals surface area contributed by atoms with Gasteiger partial charge in [-0.2, -0.15) is 0 Å². The van der Waals surface area contributed by atoms with E-state index in [2.05, 4.69) is 4.98 Å². The molecule has 0 bridgehead atoms. The van der Waals surface area contributed by atoms with Gasteiger partial charge in [0.1, 0.15) is 17.6 Å². The van der Waals surface area contributed by atoms with Gasteiger partial charge in [0.2, 0.25) is 0 Å². The molecule has 0 aliphatic carbocycles. The highest BCUT2D eigenvalue weighted by Gasteiger charge is 2.46. The van der Waals surface area contributed by atoms with Crippen molar-refractivity contribution in [2.75, 3.05) is 0 Å². The zero-order valence-corrected chi connectivity index (χ0v) is 19.4. The van der Waals surface area contributed by atoms with Gasteiger partial charge in [-0.05, 0) is 67.3 Å². The zero-order chi connectivity index (χ0) is 24.0. The number of hydrogen-bond acceptors (Lipinski definition) is 5. The van der Waals surface area contributed by atoms with Crippen LogP contribution in [0.1, 0.15) is 46.3 Å². The van der Waals surface area contributed by atoms with E-state index in [0.717, 1.165) is 34.4 Å². The van der Waals surface area contributed by atoms with Gasteiger partial charge in [0.05, 0.1) is 11.6 Å². The van der Waals surface area contributed by atoms with E-state index in [-0.39, 0.29) is 24.0 Å². The average Bonchev–Trinajstić information content (AvgIpc) is 3.32. The highest BCUT2D eigenvalue weighted by molar-refractivity contribution is 6.46. The average molecular weight is 455 g/mol. The van der Waals surface area contributed by atoms with Crippen LogP contribution in [0.5, 0.6) is 5.75 Å². The van der Waals surface area contributed by atoms with Crippen LogP contribution in [0, 0.1) is 13.8 Å². The number of benzene rings is 2. The molecule has 1 saturated heterocycles. The Kier molecular flexibility index (Phi) is 5.44. The highest BCUT2D eigenvalue weighted by Crippen LogP contribution is 2.41. The summed E-state index contributed by atoms with van der Waals surface area (Å²) >= 11 is 0. The molecule has 1 fully saturated rings. The van der Waals surface area contributed by atoms with Gasteiger partial charge < -0.3 is 14.7 Å². The number of rotatable bonds is 4. The predicted molar refractivity (Wildman–Crippen MR) is 128 cm³/mol. The Bertz CT molecular complexity index is 1330. The molecule has 3 heterocycles. The number of nitrogens with zero attached hydrogens (tertiary/aromatic N) is 2. The molecule has 6 heteroatoms. The van der Waals surface area contributed by atoms with Crippen molar-refractivity contribution in [3.05, 3.63) is 99.9 Å². The molecule has 34 heavy (non-hydrogen) atoms. The summed E-state index contributed by atoms with van der Waals surface area (Å²) in [5.41, 5.74) is 5.28. The number of aryl methyl sites for hydroxylation is 2. The van der Waals surface area contributed by atoms with Crippen molar-refractivity contribution in [1.82, 2.24) is 9.88 Å². The van der Waals surface area contributed by atoms with Crippen molar-refractivity contribution in [2.24, 2.45) is 0 Å². The quantitative estimate of drug-likeness (QED) is 0.353. The number of carbonyl (C=O) groups is 2. The SMILES string of the molecule is Cc1ccc(C)c(CN2C(=O)C(=O)/C(=C(\O)c3ccc4c(c3)CC(C)O4)C2c2cccnc2)c1. The largest absolute Gasteiger partial charge is 0.507 e. The Morgan fingerprint density at radius 3 is 2.74 bits per heavy atom. The van der Waals surface area contributed by atoms with Crippen LogP contribution >= 0.6 is 0 Å². The van der Waals surface area contributed by atoms with Gasteiger partial charge in [0.15, 0.2) is 0 Å². The fourth-order valence-corrected chi connectivity index (χ4v) is 4.81. The van der Waals surface area contributed by atoms with Crippen LogP contribution < -0.4 is 4.74 Å². The number of aromatic nitrogens is 1. The summed E-state index contributed by atoms with van der Waals surface area (Å²) in [7, 11) is 0. The van der Waals surface area contributed by atoms with Crippen molar-refractivity contribution in [1.29, 1.82) is 0 Å². The molecule has 0 spiro atoms. The Morgan fingerprint density at radius 2 is 1.97 bits per heavy atom. The smallest absolute Gasteiger partial charge is 0.295 e. The van der Waals surface area contributed by atoms with Gasteiger partial charge in [-0.25, -0.2) is 0 Å². The molecule has 1 amide bonds. The first kappa shape index (κ1) is 21.9. The van der Waals surface area contributed by atoms with Crippen LogP contribution in [-0.2, 0) is 22.6 Å². The number of aliphatic hydroxyl groups excluding tert-OH is 1. The summed E-state index contributed by atoms with van der Waals surface area (Å²) in [5.74, 6) is -0.725. The third-order valence-corrected chi connectivity index (χ3v) is 6.55. The monoisotopic (exact) mass is 454 g/mol. The van der Waals surface area contributed by atoms with E-state index in [1.165, 1.54) is 4.90 Å². The summed E-state index contributed by atoms with van der Waals surface area (Å²) in [4.78, 5) is 32.3. The Labute approximate surface area is 198 Å². The Hall–Kier alpha value is -3.93. The fourth-order valence-electron chi connectivity index (χ4n) is 4.81. The third-order valence-electron chi connectivity index (χ3n) is 6.55. The van der Waals surface area contributed by atoms with Crippen LogP contribution in [0.3, 0.4) is 0 Å².